The normalized spacial score (nSPS) is 7.40. The fourth-order valence-electron chi connectivity index (χ4n) is 0.0680. The number of hydrogen-bond acceptors (Lipinski definition) is 1. The summed E-state index contributed by atoms with van der Waals surface area (Å²) in [5.74, 6) is 0. The Balaban J connectivity index is 2.40. The maximum Gasteiger partial charge on any atom is 0.171 e. The van der Waals surface area contributed by atoms with Crippen LogP contribution in [-0.4, -0.2) is 12.8 Å². The van der Waals surface area contributed by atoms with Crippen molar-refractivity contribution in [3.8, 4) is 0 Å². The van der Waals surface area contributed by atoms with E-state index in [-0.39, 0.29) is 0 Å². The van der Waals surface area contributed by atoms with Crippen LogP contribution in [0.15, 0.2) is 0 Å². The molecule has 0 bridgehead atoms. The van der Waals surface area contributed by atoms with Gasteiger partial charge in [0.05, 0.1) is 0 Å². The van der Waals surface area contributed by atoms with Gasteiger partial charge in [0.2, 0.25) is 0 Å². The predicted octanol–water partition coefficient (Wildman–Crippen LogP) is -1.46. The second-order valence-electron chi connectivity index (χ2n) is 0.691. The van der Waals surface area contributed by atoms with Gasteiger partial charge >= 0.3 is 0 Å². The molecule has 0 amide bonds. The summed E-state index contributed by atoms with van der Waals surface area (Å²) in [4.78, 5) is 9.33. The van der Waals surface area contributed by atoms with E-state index < -0.39 is 0 Å². The maximum absolute atomic E-state index is 9.33. The van der Waals surface area contributed by atoms with Gasteiger partial charge in [0.1, 0.15) is 6.54 Å². The van der Waals surface area contributed by atoms with Gasteiger partial charge in [0.25, 0.3) is 0 Å². The predicted molar refractivity (Wildman–Crippen MR) is 18.2 cm³/mol. The number of carbonyl (C=O) groups excluding carboxylic acids is 1. The van der Waals surface area contributed by atoms with Gasteiger partial charge in [-0.2, -0.15) is 7.05 Å². The molecule has 30 valence electrons. The van der Waals surface area contributed by atoms with E-state index in [1.54, 1.807) is 5.32 Å². The van der Waals surface area contributed by atoms with Gasteiger partial charge in [-0.3, -0.25) is 4.79 Å². The van der Waals surface area contributed by atoms with Crippen molar-refractivity contribution >= 4 is 6.29 Å². The average molecular weight is 73.1 g/mol. The molecule has 2 N–H and O–H groups in total. The van der Waals surface area contributed by atoms with Crippen LogP contribution >= 0.6 is 0 Å². The molecule has 0 saturated heterocycles. The molecule has 0 heterocycles. The Bertz CT molecular complexity index is 28.1. The minimum Gasteiger partial charge on any atom is -0.473 e. The highest BCUT2D eigenvalue weighted by atomic mass is 16.1. The standard InChI is InChI=1S/C3H7NO/c1-4-2-3-5/h3H,1-2,4H2. The summed E-state index contributed by atoms with van der Waals surface area (Å²) in [6, 6.07) is 0. The van der Waals surface area contributed by atoms with Gasteiger partial charge < -0.3 is 5.32 Å². The van der Waals surface area contributed by atoms with Crippen LogP contribution in [-0.2, 0) is 4.79 Å². The zero-order chi connectivity index (χ0) is 4.12. The molecule has 0 saturated carbocycles. The molecule has 0 aromatic rings. The molecule has 0 aliphatic heterocycles. The Morgan fingerprint density at radius 2 is 2.60 bits per heavy atom. The van der Waals surface area contributed by atoms with E-state index in [1.807, 2.05) is 0 Å². The van der Waals surface area contributed by atoms with Gasteiger partial charge in [-0.1, -0.05) is 0 Å². The number of hydrogen-bond donors (Lipinski definition) is 1. The van der Waals surface area contributed by atoms with E-state index >= 15 is 0 Å². The van der Waals surface area contributed by atoms with E-state index in [4.69, 9.17) is 0 Å². The minimum atomic E-state index is 0.472. The van der Waals surface area contributed by atoms with Crippen molar-refractivity contribution in [3.63, 3.8) is 0 Å². The zero-order valence-electron chi connectivity index (χ0n) is 2.98. The SMILES string of the molecule is [CH2-][NH2+]CC=O. The van der Waals surface area contributed by atoms with Crippen LogP contribution < -0.4 is 5.32 Å². The molecule has 0 radical (unpaired) electrons. The maximum atomic E-state index is 9.33. The first-order valence-electron chi connectivity index (χ1n) is 1.46. The van der Waals surface area contributed by atoms with Crippen LogP contribution in [0, 0.1) is 7.05 Å². The first-order valence-corrected chi connectivity index (χ1v) is 1.46. The summed E-state index contributed by atoms with van der Waals surface area (Å²) in [6.45, 7) is 0.472. The molecular weight excluding hydrogens is 66.0 g/mol. The lowest BCUT2D eigenvalue weighted by Gasteiger charge is -1.82. The van der Waals surface area contributed by atoms with Gasteiger partial charge in [-0.05, 0) is 0 Å². The van der Waals surface area contributed by atoms with E-state index in [0.717, 1.165) is 6.29 Å². The number of nitrogens with two attached hydrogens (primary N) is 1. The number of carbonyl (C=O) groups is 1. The fourth-order valence-corrected chi connectivity index (χ4v) is 0.0680. The molecule has 5 heavy (non-hydrogen) atoms. The highest BCUT2D eigenvalue weighted by molar-refractivity contribution is 5.49. The topological polar surface area (TPSA) is 33.7 Å². The molecule has 0 aromatic heterocycles. The second kappa shape index (κ2) is 3.63. The first-order chi connectivity index (χ1) is 2.41. The summed E-state index contributed by atoms with van der Waals surface area (Å²) in [5.41, 5.74) is 0. The van der Waals surface area contributed by atoms with Crippen LogP contribution in [0.5, 0.6) is 0 Å². The zero-order valence-corrected chi connectivity index (χ0v) is 2.98. The van der Waals surface area contributed by atoms with Crippen LogP contribution in [0.4, 0.5) is 0 Å². The third-order valence-corrected chi connectivity index (χ3v) is 0.263. The molecule has 0 spiro atoms. The minimum absolute atomic E-state index is 0.472. The van der Waals surface area contributed by atoms with Gasteiger partial charge in [0.15, 0.2) is 6.29 Å². The van der Waals surface area contributed by atoms with Crippen molar-refractivity contribution in [2.75, 3.05) is 6.54 Å². The lowest BCUT2D eigenvalue weighted by Crippen LogP contribution is -2.77. The Morgan fingerprint density at radius 1 is 2.00 bits per heavy atom. The quantitative estimate of drug-likeness (QED) is 0.314. The summed E-state index contributed by atoms with van der Waals surface area (Å²) < 4.78 is 0. The highest BCUT2D eigenvalue weighted by Gasteiger charge is 1.61. The Morgan fingerprint density at radius 3 is 2.60 bits per heavy atom. The van der Waals surface area contributed by atoms with E-state index in [1.165, 1.54) is 0 Å². The highest BCUT2D eigenvalue weighted by Crippen LogP contribution is 1.18. The fraction of sp³-hybridized carbons (Fsp3) is 0.333. The monoisotopic (exact) mass is 73.1 g/mol. The van der Waals surface area contributed by atoms with Crippen molar-refractivity contribution in [1.29, 1.82) is 0 Å². The summed E-state index contributed by atoms with van der Waals surface area (Å²) >= 11 is 0. The lowest BCUT2D eigenvalue weighted by atomic mass is 10.7. The molecule has 2 heteroatoms. The Hall–Kier alpha value is -0.370. The van der Waals surface area contributed by atoms with Crippen molar-refractivity contribution in [2.45, 2.75) is 0 Å². The Labute approximate surface area is 31.2 Å². The summed E-state index contributed by atoms with van der Waals surface area (Å²) in [7, 11) is 3.32. The van der Waals surface area contributed by atoms with Crippen LogP contribution in [0.1, 0.15) is 0 Å². The average Bonchev–Trinajstić information content (AvgIpc) is 1.41. The van der Waals surface area contributed by atoms with Crippen LogP contribution in [0.3, 0.4) is 0 Å². The van der Waals surface area contributed by atoms with Crippen LogP contribution in [0.25, 0.3) is 0 Å². The Kier molecular flexibility index (Phi) is 3.36. The molecule has 0 fully saturated rings. The van der Waals surface area contributed by atoms with Crippen LogP contribution in [0.2, 0.25) is 0 Å². The second-order valence-corrected chi connectivity index (χ2v) is 0.691. The largest absolute Gasteiger partial charge is 0.473 e. The van der Waals surface area contributed by atoms with E-state index in [0.29, 0.717) is 6.54 Å². The molecule has 2 nitrogen and oxygen atoms in total. The first kappa shape index (κ1) is 4.63. The molecule has 0 atom stereocenters. The van der Waals surface area contributed by atoms with Gasteiger partial charge in [-0.25, -0.2) is 0 Å². The lowest BCUT2D eigenvalue weighted by molar-refractivity contribution is -0.581. The molecule has 0 aliphatic carbocycles. The van der Waals surface area contributed by atoms with Crippen molar-refractivity contribution in [2.24, 2.45) is 0 Å². The van der Waals surface area contributed by atoms with Gasteiger partial charge in [-0.15, -0.1) is 0 Å². The summed E-state index contributed by atoms with van der Waals surface area (Å²) in [6.07, 6.45) is 0.812. The third-order valence-electron chi connectivity index (χ3n) is 0.263. The van der Waals surface area contributed by atoms with Crippen molar-refractivity contribution in [1.82, 2.24) is 0 Å². The number of aldehydes is 1. The molecule has 0 aliphatic rings. The van der Waals surface area contributed by atoms with Crippen molar-refractivity contribution in [3.05, 3.63) is 7.05 Å². The summed E-state index contributed by atoms with van der Waals surface area (Å²) in [5, 5.41) is 1.56. The smallest absolute Gasteiger partial charge is 0.171 e. The van der Waals surface area contributed by atoms with Gasteiger partial charge in [0, 0.05) is 0 Å². The molecule has 0 unspecified atom stereocenters. The molecule has 0 rings (SSSR count). The van der Waals surface area contributed by atoms with Crippen molar-refractivity contribution < 1.29 is 10.1 Å². The van der Waals surface area contributed by atoms with E-state index in [2.05, 4.69) is 7.05 Å². The van der Waals surface area contributed by atoms with E-state index in [9.17, 15) is 4.79 Å². The number of quaternary nitrogens is 1. The third kappa shape index (κ3) is 3.63. The number of rotatable bonds is 2. The molecule has 0 aromatic carbocycles. The molecular formula is C3H7NO.